The number of pyridine rings is 1. The molecule has 3 unspecified atom stereocenters. The quantitative estimate of drug-likeness (QED) is 0.916. The molecule has 6 heteroatoms. The van der Waals surface area contributed by atoms with E-state index in [1.54, 1.807) is 24.2 Å². The Morgan fingerprint density at radius 3 is 2.96 bits per heavy atom. The molecule has 0 spiro atoms. The predicted octanol–water partition coefficient (Wildman–Crippen LogP) is 2.55. The number of rotatable bonds is 4. The van der Waals surface area contributed by atoms with Gasteiger partial charge in [0.05, 0.1) is 24.5 Å². The monoisotopic (exact) mass is 334 g/mol. The van der Waals surface area contributed by atoms with Crippen molar-refractivity contribution >= 4 is 6.09 Å². The smallest absolute Gasteiger partial charge is 0.409 e. The van der Waals surface area contributed by atoms with Crippen LogP contribution in [0.15, 0.2) is 18.5 Å². The fourth-order valence-electron chi connectivity index (χ4n) is 4.01. The molecular formula is C18H26N2O4. The molecule has 1 aliphatic carbocycles. The second-order valence-electron chi connectivity index (χ2n) is 7.11. The molecule has 132 valence electrons. The van der Waals surface area contributed by atoms with Crippen molar-refractivity contribution in [3.63, 3.8) is 0 Å². The van der Waals surface area contributed by atoms with E-state index in [2.05, 4.69) is 4.98 Å². The highest BCUT2D eigenvalue weighted by Gasteiger charge is 2.52. The number of carbonyl (C=O) groups is 1. The van der Waals surface area contributed by atoms with Crippen LogP contribution in [0, 0.1) is 11.8 Å². The second kappa shape index (κ2) is 6.59. The van der Waals surface area contributed by atoms with Crippen molar-refractivity contribution in [2.24, 2.45) is 11.8 Å². The highest BCUT2D eigenvalue weighted by molar-refractivity contribution is 5.67. The molecule has 2 bridgehead atoms. The van der Waals surface area contributed by atoms with Crippen LogP contribution >= 0.6 is 0 Å². The number of fused-ring (bicyclic) bond motifs is 2. The summed E-state index contributed by atoms with van der Waals surface area (Å²) in [5.41, 5.74) is -0.186. The van der Waals surface area contributed by atoms with E-state index in [0.717, 1.165) is 12.0 Å². The SMILES string of the molecule is CCOC(=O)N1CC2CC(C1)C(O)(c1cncc(OC(C)C)c1)C2. The largest absolute Gasteiger partial charge is 0.489 e. The van der Waals surface area contributed by atoms with Gasteiger partial charge in [-0.3, -0.25) is 4.98 Å². The van der Waals surface area contributed by atoms with Crippen LogP contribution in [-0.2, 0) is 10.3 Å². The fourth-order valence-corrected chi connectivity index (χ4v) is 4.01. The minimum absolute atomic E-state index is 0.00300. The molecular weight excluding hydrogens is 308 g/mol. The van der Waals surface area contributed by atoms with Crippen LogP contribution in [0.3, 0.4) is 0 Å². The third-order valence-corrected chi connectivity index (χ3v) is 4.92. The first-order valence-corrected chi connectivity index (χ1v) is 8.68. The molecule has 1 aromatic rings. The standard InChI is InChI=1S/C18H26N2O4/c1-4-23-17(21)20-10-13-5-15(11-20)18(22,7-13)14-6-16(9-19-8-14)24-12(2)3/h6,8-9,12-13,15,22H,4-5,7,10-11H2,1-3H3. The van der Waals surface area contributed by atoms with E-state index in [9.17, 15) is 9.90 Å². The molecule has 6 nitrogen and oxygen atoms in total. The molecule has 24 heavy (non-hydrogen) atoms. The molecule has 1 aliphatic heterocycles. The molecule has 2 aliphatic rings. The summed E-state index contributed by atoms with van der Waals surface area (Å²) in [5.74, 6) is 0.948. The van der Waals surface area contributed by atoms with Gasteiger partial charge in [-0.15, -0.1) is 0 Å². The minimum Gasteiger partial charge on any atom is -0.489 e. The molecule has 1 saturated carbocycles. The molecule has 0 radical (unpaired) electrons. The van der Waals surface area contributed by atoms with E-state index in [1.165, 1.54) is 0 Å². The number of aliphatic hydroxyl groups is 1. The number of aromatic nitrogens is 1. The fraction of sp³-hybridized carbons (Fsp3) is 0.667. The van der Waals surface area contributed by atoms with Crippen LogP contribution in [0.5, 0.6) is 5.75 Å². The zero-order chi connectivity index (χ0) is 17.3. The normalized spacial score (nSPS) is 29.0. The summed E-state index contributed by atoms with van der Waals surface area (Å²) in [7, 11) is 0. The van der Waals surface area contributed by atoms with Crippen LogP contribution in [0.2, 0.25) is 0 Å². The first-order valence-electron chi connectivity index (χ1n) is 8.68. The molecule has 2 heterocycles. The maximum Gasteiger partial charge on any atom is 0.409 e. The van der Waals surface area contributed by atoms with Gasteiger partial charge >= 0.3 is 6.09 Å². The molecule has 1 amide bonds. The minimum atomic E-state index is -0.963. The van der Waals surface area contributed by atoms with E-state index in [0.29, 0.717) is 31.9 Å². The number of nitrogens with zero attached hydrogens (tertiary/aromatic N) is 2. The van der Waals surface area contributed by atoms with Gasteiger partial charge in [0, 0.05) is 30.8 Å². The Bertz CT molecular complexity index is 606. The lowest BCUT2D eigenvalue weighted by Gasteiger charge is -2.34. The summed E-state index contributed by atoms with van der Waals surface area (Å²) >= 11 is 0. The zero-order valence-corrected chi connectivity index (χ0v) is 14.6. The molecule has 0 aromatic carbocycles. The van der Waals surface area contributed by atoms with Crippen LogP contribution in [-0.4, -0.2) is 46.9 Å². The first kappa shape index (κ1) is 17.0. The lowest BCUT2D eigenvalue weighted by atomic mass is 9.84. The van der Waals surface area contributed by atoms with Crippen LogP contribution in [0.25, 0.3) is 0 Å². The number of piperidine rings is 1. The zero-order valence-electron chi connectivity index (χ0n) is 14.6. The molecule has 2 fully saturated rings. The number of hydrogen-bond donors (Lipinski definition) is 1. The average Bonchev–Trinajstić information content (AvgIpc) is 2.77. The van der Waals surface area contributed by atoms with Gasteiger partial charge < -0.3 is 19.5 Å². The Kier molecular flexibility index (Phi) is 4.67. The topological polar surface area (TPSA) is 71.9 Å². The van der Waals surface area contributed by atoms with E-state index >= 15 is 0 Å². The van der Waals surface area contributed by atoms with Crippen molar-refractivity contribution in [1.82, 2.24) is 9.88 Å². The van der Waals surface area contributed by atoms with Crippen LogP contribution < -0.4 is 4.74 Å². The summed E-state index contributed by atoms with van der Waals surface area (Å²) in [6.07, 6.45) is 4.70. The Hall–Kier alpha value is -1.82. The summed E-state index contributed by atoms with van der Waals surface area (Å²) in [6, 6.07) is 1.88. The van der Waals surface area contributed by atoms with Gasteiger partial charge in [0.25, 0.3) is 0 Å². The van der Waals surface area contributed by atoms with Gasteiger partial charge in [0.2, 0.25) is 0 Å². The molecule has 3 atom stereocenters. The Balaban J connectivity index is 1.80. The lowest BCUT2D eigenvalue weighted by Crippen LogP contribution is -2.44. The summed E-state index contributed by atoms with van der Waals surface area (Å²) in [5, 5.41) is 11.3. The Labute approximate surface area is 142 Å². The summed E-state index contributed by atoms with van der Waals surface area (Å²) in [6.45, 7) is 7.25. The van der Waals surface area contributed by atoms with Crippen molar-refractivity contribution in [3.05, 3.63) is 24.0 Å². The molecule has 1 saturated heterocycles. The first-order chi connectivity index (χ1) is 11.4. The predicted molar refractivity (Wildman–Crippen MR) is 88.7 cm³/mol. The highest BCUT2D eigenvalue weighted by Crippen LogP contribution is 2.50. The summed E-state index contributed by atoms with van der Waals surface area (Å²) < 4.78 is 10.8. The van der Waals surface area contributed by atoms with Crippen LogP contribution in [0.1, 0.15) is 39.2 Å². The molecule has 1 N–H and O–H groups in total. The van der Waals surface area contributed by atoms with Crippen molar-refractivity contribution < 1.29 is 19.4 Å². The second-order valence-corrected chi connectivity index (χ2v) is 7.11. The van der Waals surface area contributed by atoms with Gasteiger partial charge in [-0.25, -0.2) is 4.79 Å². The van der Waals surface area contributed by atoms with Gasteiger partial charge in [0.1, 0.15) is 5.75 Å². The Morgan fingerprint density at radius 2 is 2.25 bits per heavy atom. The number of amides is 1. The van der Waals surface area contributed by atoms with E-state index < -0.39 is 5.60 Å². The van der Waals surface area contributed by atoms with Crippen LogP contribution in [0.4, 0.5) is 4.79 Å². The highest BCUT2D eigenvalue weighted by atomic mass is 16.6. The number of carbonyl (C=O) groups excluding carboxylic acids is 1. The number of ether oxygens (including phenoxy) is 2. The third kappa shape index (κ3) is 3.20. The van der Waals surface area contributed by atoms with Crippen molar-refractivity contribution in [2.75, 3.05) is 19.7 Å². The third-order valence-electron chi connectivity index (χ3n) is 4.92. The van der Waals surface area contributed by atoms with E-state index in [-0.39, 0.29) is 24.0 Å². The van der Waals surface area contributed by atoms with Crippen molar-refractivity contribution in [1.29, 1.82) is 0 Å². The van der Waals surface area contributed by atoms with Gasteiger partial charge in [-0.05, 0) is 45.6 Å². The maximum absolute atomic E-state index is 12.0. The van der Waals surface area contributed by atoms with Gasteiger partial charge in [0.15, 0.2) is 0 Å². The van der Waals surface area contributed by atoms with Crippen molar-refractivity contribution in [2.45, 2.75) is 45.3 Å². The average molecular weight is 334 g/mol. The molecule has 1 aromatic heterocycles. The van der Waals surface area contributed by atoms with E-state index in [4.69, 9.17) is 9.47 Å². The van der Waals surface area contributed by atoms with Gasteiger partial charge in [-0.2, -0.15) is 0 Å². The van der Waals surface area contributed by atoms with Crippen molar-refractivity contribution in [3.8, 4) is 5.75 Å². The lowest BCUT2D eigenvalue weighted by molar-refractivity contribution is -0.0105. The number of hydrogen-bond acceptors (Lipinski definition) is 5. The summed E-state index contributed by atoms with van der Waals surface area (Å²) in [4.78, 5) is 18.0. The maximum atomic E-state index is 12.0. The Morgan fingerprint density at radius 1 is 1.46 bits per heavy atom. The molecule has 3 rings (SSSR count). The van der Waals surface area contributed by atoms with Gasteiger partial charge in [-0.1, -0.05) is 0 Å². The number of likely N-dealkylation sites (tertiary alicyclic amines) is 1. The van der Waals surface area contributed by atoms with E-state index in [1.807, 2.05) is 19.9 Å².